The highest BCUT2D eigenvalue weighted by Crippen LogP contribution is 2.37. The molecule has 104 valence electrons. The van der Waals surface area contributed by atoms with Crippen LogP contribution in [0.5, 0.6) is 5.75 Å². The van der Waals surface area contributed by atoms with Crippen molar-refractivity contribution in [1.82, 2.24) is 9.07 Å². The van der Waals surface area contributed by atoms with E-state index in [0.717, 1.165) is 38.5 Å². The predicted octanol–water partition coefficient (Wildman–Crippen LogP) is 4.66. The molecule has 2 aromatic heterocycles. The van der Waals surface area contributed by atoms with Gasteiger partial charge in [0.25, 0.3) is 0 Å². The van der Waals surface area contributed by atoms with Crippen LogP contribution in [0.3, 0.4) is 0 Å². The van der Waals surface area contributed by atoms with E-state index >= 15 is 0 Å². The third kappa shape index (κ3) is 1.64. The first-order chi connectivity index (χ1) is 10.2. The smallest absolute Gasteiger partial charge is 0.119 e. The molecule has 3 nitrogen and oxygen atoms in total. The van der Waals surface area contributed by atoms with E-state index in [2.05, 4.69) is 18.0 Å². The predicted molar refractivity (Wildman–Crippen MR) is 87.3 cm³/mol. The fraction of sp³-hybridized carbons (Fsp3) is 0.118. The topological polar surface area (TPSA) is 27.1 Å². The van der Waals surface area contributed by atoms with E-state index in [1.807, 2.05) is 36.7 Å². The molecule has 0 bridgehead atoms. The molecule has 0 radical (unpaired) electrons. The lowest BCUT2D eigenvalue weighted by molar-refractivity contribution is 0.415. The van der Waals surface area contributed by atoms with E-state index in [1.54, 1.807) is 11.2 Å². The third-order valence-corrected chi connectivity index (χ3v) is 4.42. The van der Waals surface area contributed by atoms with Crippen molar-refractivity contribution in [3.8, 4) is 5.75 Å². The van der Waals surface area contributed by atoms with Crippen LogP contribution in [-0.4, -0.2) is 16.2 Å². The number of benzene rings is 2. The molecule has 0 aliphatic carbocycles. The van der Waals surface area contributed by atoms with Crippen molar-refractivity contribution in [2.24, 2.45) is 0 Å². The monoisotopic (exact) mass is 296 g/mol. The van der Waals surface area contributed by atoms with Crippen molar-refractivity contribution in [1.29, 1.82) is 0 Å². The molecule has 0 atom stereocenters. The van der Waals surface area contributed by atoms with Gasteiger partial charge < -0.3 is 4.74 Å². The van der Waals surface area contributed by atoms with Gasteiger partial charge in [0.1, 0.15) is 5.75 Å². The Morgan fingerprint density at radius 1 is 1.10 bits per heavy atom. The summed E-state index contributed by atoms with van der Waals surface area (Å²) in [6.07, 6.45) is 3.70. The Morgan fingerprint density at radius 2 is 1.95 bits per heavy atom. The number of rotatable bonds is 1. The number of aryl methyl sites for hydroxylation is 1. The third-order valence-electron chi connectivity index (χ3n) is 4.07. The normalized spacial score (nSPS) is 11.6. The minimum absolute atomic E-state index is 0.829. The fourth-order valence-corrected chi connectivity index (χ4v) is 3.39. The van der Waals surface area contributed by atoms with Gasteiger partial charge in [0.2, 0.25) is 0 Å². The average Bonchev–Trinajstić information content (AvgIpc) is 2.80. The number of hydrogen-bond acceptors (Lipinski definition) is 2. The molecule has 0 amide bonds. The van der Waals surface area contributed by atoms with Crippen molar-refractivity contribution >= 4 is 44.4 Å². The highest BCUT2D eigenvalue weighted by atomic mass is 35.5. The van der Waals surface area contributed by atoms with Crippen LogP contribution >= 0.6 is 11.8 Å². The molecule has 4 aromatic rings. The average molecular weight is 297 g/mol. The van der Waals surface area contributed by atoms with Gasteiger partial charge in [0, 0.05) is 40.3 Å². The number of aromatic nitrogens is 2. The second-order valence-corrected chi connectivity index (χ2v) is 5.50. The van der Waals surface area contributed by atoms with Gasteiger partial charge in [-0.25, -0.2) is 0 Å². The number of pyridine rings is 1. The van der Waals surface area contributed by atoms with Crippen molar-refractivity contribution in [2.45, 2.75) is 6.92 Å². The molecule has 4 rings (SSSR count). The Labute approximate surface area is 126 Å². The Hall–Kier alpha value is -2.26. The van der Waals surface area contributed by atoms with Crippen molar-refractivity contribution < 1.29 is 4.74 Å². The van der Waals surface area contributed by atoms with Crippen molar-refractivity contribution in [3.05, 3.63) is 48.3 Å². The molecule has 0 fully saturated rings. The van der Waals surface area contributed by atoms with Crippen LogP contribution in [0.2, 0.25) is 0 Å². The molecule has 2 heterocycles. The van der Waals surface area contributed by atoms with Crippen LogP contribution in [0.15, 0.2) is 42.7 Å². The number of fused-ring (bicyclic) bond motifs is 4. The Morgan fingerprint density at radius 3 is 2.76 bits per heavy atom. The lowest BCUT2D eigenvalue weighted by Crippen LogP contribution is -1.86. The first-order valence-corrected chi connectivity index (χ1v) is 7.06. The molecular formula is C17H13ClN2O. The first-order valence-electron chi connectivity index (χ1n) is 6.72. The lowest BCUT2D eigenvalue weighted by Gasteiger charge is -2.05. The van der Waals surface area contributed by atoms with E-state index in [4.69, 9.17) is 16.5 Å². The summed E-state index contributed by atoms with van der Waals surface area (Å²) < 4.78 is 7.07. The summed E-state index contributed by atoms with van der Waals surface area (Å²) in [6, 6.07) is 10.1. The number of nitrogens with zero attached hydrogens (tertiary/aromatic N) is 2. The summed E-state index contributed by atoms with van der Waals surface area (Å²) in [5, 5.41) is 4.51. The van der Waals surface area contributed by atoms with Gasteiger partial charge in [-0.05, 0) is 48.2 Å². The van der Waals surface area contributed by atoms with Crippen LogP contribution in [-0.2, 0) is 0 Å². The second-order valence-electron chi connectivity index (χ2n) is 5.16. The van der Waals surface area contributed by atoms with E-state index < -0.39 is 0 Å². The molecular weight excluding hydrogens is 284 g/mol. The highest BCUT2D eigenvalue weighted by molar-refractivity contribution is 6.28. The summed E-state index contributed by atoms with van der Waals surface area (Å²) in [5.74, 6) is 0.829. The number of ether oxygens (including phenoxy) is 1. The van der Waals surface area contributed by atoms with Gasteiger partial charge in [-0.3, -0.25) is 9.07 Å². The minimum Gasteiger partial charge on any atom is -0.497 e. The van der Waals surface area contributed by atoms with E-state index in [0.29, 0.717) is 0 Å². The molecule has 0 unspecified atom stereocenters. The summed E-state index contributed by atoms with van der Waals surface area (Å²) in [5.41, 5.74) is 3.19. The maximum Gasteiger partial charge on any atom is 0.119 e. The molecule has 0 saturated heterocycles. The summed E-state index contributed by atoms with van der Waals surface area (Å²) >= 11 is 6.55. The van der Waals surface area contributed by atoms with Crippen LogP contribution in [0.25, 0.3) is 32.6 Å². The van der Waals surface area contributed by atoms with E-state index in [9.17, 15) is 0 Å². The molecule has 2 aromatic carbocycles. The molecule has 0 aliphatic heterocycles. The van der Waals surface area contributed by atoms with E-state index in [-0.39, 0.29) is 0 Å². The van der Waals surface area contributed by atoms with Crippen molar-refractivity contribution in [3.63, 3.8) is 0 Å². The summed E-state index contributed by atoms with van der Waals surface area (Å²) in [4.78, 5) is 4.22. The molecule has 21 heavy (non-hydrogen) atoms. The highest BCUT2D eigenvalue weighted by Gasteiger charge is 2.14. The van der Waals surface area contributed by atoms with Gasteiger partial charge in [-0.15, -0.1) is 0 Å². The zero-order valence-corrected chi connectivity index (χ0v) is 12.5. The van der Waals surface area contributed by atoms with Gasteiger partial charge in [-0.1, -0.05) is 0 Å². The zero-order chi connectivity index (χ0) is 14.6. The largest absolute Gasteiger partial charge is 0.497 e. The standard InChI is InChI=1S/C17H13ClN2O/c1-10-13-5-6-19-9-11(13)7-15-14-8-12(21-2)3-4-16(14)20(18)17(10)15/h3-9H,1-2H3. The molecule has 0 spiro atoms. The van der Waals surface area contributed by atoms with Crippen LogP contribution in [0.1, 0.15) is 5.56 Å². The van der Waals surface area contributed by atoms with Crippen LogP contribution in [0.4, 0.5) is 0 Å². The SMILES string of the molecule is COc1ccc2c(c1)c1cc3cnccc3c(C)c1n2Cl. The number of halogens is 1. The number of hydrogen-bond donors (Lipinski definition) is 0. The fourth-order valence-electron chi connectivity index (χ4n) is 3.02. The van der Waals surface area contributed by atoms with Gasteiger partial charge in [0.15, 0.2) is 0 Å². The maximum atomic E-state index is 6.55. The number of methoxy groups -OCH3 is 1. The van der Waals surface area contributed by atoms with Crippen LogP contribution < -0.4 is 4.74 Å². The van der Waals surface area contributed by atoms with Gasteiger partial charge in [0.05, 0.1) is 18.1 Å². The summed E-state index contributed by atoms with van der Waals surface area (Å²) in [7, 11) is 1.67. The lowest BCUT2D eigenvalue weighted by atomic mass is 10.0. The quantitative estimate of drug-likeness (QED) is 0.511. The van der Waals surface area contributed by atoms with Crippen molar-refractivity contribution in [2.75, 3.05) is 7.11 Å². The van der Waals surface area contributed by atoms with Gasteiger partial charge in [-0.2, -0.15) is 0 Å². The molecule has 0 N–H and O–H groups in total. The maximum absolute atomic E-state index is 6.55. The van der Waals surface area contributed by atoms with Gasteiger partial charge >= 0.3 is 0 Å². The minimum atomic E-state index is 0.829. The molecule has 0 aliphatic rings. The Bertz CT molecular complexity index is 1000. The summed E-state index contributed by atoms with van der Waals surface area (Å²) in [6.45, 7) is 2.10. The first kappa shape index (κ1) is 12.5. The molecule has 4 heteroatoms. The Kier molecular flexibility index (Phi) is 2.59. The van der Waals surface area contributed by atoms with Crippen LogP contribution in [0, 0.1) is 6.92 Å². The second kappa shape index (κ2) is 4.37. The zero-order valence-electron chi connectivity index (χ0n) is 11.7. The van der Waals surface area contributed by atoms with E-state index in [1.165, 1.54) is 5.39 Å². The molecule has 0 saturated carbocycles. The Balaban J connectivity index is 2.28.